The molecule has 98 valence electrons. The van der Waals surface area contributed by atoms with Gasteiger partial charge in [0.15, 0.2) is 0 Å². The normalized spacial score (nSPS) is 32.7. The van der Waals surface area contributed by atoms with Gasteiger partial charge in [-0.25, -0.2) is 0 Å². The van der Waals surface area contributed by atoms with E-state index in [9.17, 15) is 4.79 Å². The van der Waals surface area contributed by atoms with Crippen LogP contribution in [0.4, 0.5) is 0 Å². The van der Waals surface area contributed by atoms with Crippen LogP contribution in [-0.2, 0) is 4.79 Å². The summed E-state index contributed by atoms with van der Waals surface area (Å²) in [5.41, 5.74) is 0. The van der Waals surface area contributed by atoms with Gasteiger partial charge in [0.25, 0.3) is 0 Å². The third-order valence-corrected chi connectivity index (χ3v) is 4.66. The SMILES string of the molecule is CNCC(C)C(=O)NCCC1CC2CCC1C2. The summed E-state index contributed by atoms with van der Waals surface area (Å²) in [6.07, 6.45) is 6.99. The van der Waals surface area contributed by atoms with Gasteiger partial charge >= 0.3 is 0 Å². The molecular formula is C14H26N2O. The minimum Gasteiger partial charge on any atom is -0.356 e. The molecule has 3 heteroatoms. The van der Waals surface area contributed by atoms with Crippen LogP contribution in [-0.4, -0.2) is 26.0 Å². The number of amides is 1. The molecule has 4 atom stereocenters. The smallest absolute Gasteiger partial charge is 0.224 e. The third-order valence-electron chi connectivity index (χ3n) is 4.66. The summed E-state index contributed by atoms with van der Waals surface area (Å²) in [4.78, 5) is 11.7. The van der Waals surface area contributed by atoms with Crippen LogP contribution in [0.25, 0.3) is 0 Å². The van der Waals surface area contributed by atoms with Crippen LogP contribution in [0, 0.1) is 23.7 Å². The maximum Gasteiger partial charge on any atom is 0.224 e. The standard InChI is InChI=1S/C14H26N2O/c1-10(9-15-2)14(17)16-6-5-13-8-11-3-4-12(13)7-11/h10-13,15H,3-9H2,1-2H3,(H,16,17). The Morgan fingerprint density at radius 3 is 2.76 bits per heavy atom. The van der Waals surface area contributed by atoms with Crippen molar-refractivity contribution in [3.8, 4) is 0 Å². The molecule has 3 nitrogen and oxygen atoms in total. The van der Waals surface area contributed by atoms with Crippen LogP contribution in [0.3, 0.4) is 0 Å². The molecule has 4 unspecified atom stereocenters. The Hall–Kier alpha value is -0.570. The van der Waals surface area contributed by atoms with Gasteiger partial charge in [-0.05, 0) is 50.5 Å². The maximum atomic E-state index is 11.7. The van der Waals surface area contributed by atoms with Gasteiger partial charge in [0, 0.05) is 19.0 Å². The molecule has 2 bridgehead atoms. The van der Waals surface area contributed by atoms with Crippen LogP contribution in [0.5, 0.6) is 0 Å². The van der Waals surface area contributed by atoms with E-state index in [0.29, 0.717) is 0 Å². The van der Waals surface area contributed by atoms with E-state index in [1.807, 2.05) is 14.0 Å². The van der Waals surface area contributed by atoms with Crippen LogP contribution >= 0.6 is 0 Å². The summed E-state index contributed by atoms with van der Waals surface area (Å²) < 4.78 is 0. The van der Waals surface area contributed by atoms with E-state index in [4.69, 9.17) is 0 Å². The number of hydrogen-bond acceptors (Lipinski definition) is 2. The Labute approximate surface area is 105 Å². The molecule has 0 aromatic heterocycles. The molecule has 0 saturated heterocycles. The van der Waals surface area contributed by atoms with E-state index in [2.05, 4.69) is 10.6 Å². The summed E-state index contributed by atoms with van der Waals surface area (Å²) in [7, 11) is 1.89. The number of fused-ring (bicyclic) bond motifs is 2. The molecule has 2 aliphatic rings. The summed E-state index contributed by atoms with van der Waals surface area (Å²) in [5.74, 6) is 3.17. The summed E-state index contributed by atoms with van der Waals surface area (Å²) in [6, 6.07) is 0. The number of carbonyl (C=O) groups is 1. The van der Waals surface area contributed by atoms with Crippen LogP contribution < -0.4 is 10.6 Å². The topological polar surface area (TPSA) is 41.1 Å². The highest BCUT2D eigenvalue weighted by Crippen LogP contribution is 2.49. The highest BCUT2D eigenvalue weighted by molar-refractivity contribution is 5.78. The average Bonchev–Trinajstić information content (AvgIpc) is 2.91. The van der Waals surface area contributed by atoms with Gasteiger partial charge in [-0.2, -0.15) is 0 Å². The third kappa shape index (κ3) is 3.21. The minimum absolute atomic E-state index is 0.0834. The van der Waals surface area contributed by atoms with Crippen molar-refractivity contribution in [1.82, 2.24) is 10.6 Å². The highest BCUT2D eigenvalue weighted by Gasteiger charge is 2.38. The molecule has 17 heavy (non-hydrogen) atoms. The van der Waals surface area contributed by atoms with Crippen molar-refractivity contribution >= 4 is 5.91 Å². The zero-order valence-corrected chi connectivity index (χ0v) is 11.2. The number of nitrogens with one attached hydrogen (secondary N) is 2. The highest BCUT2D eigenvalue weighted by atomic mass is 16.1. The van der Waals surface area contributed by atoms with E-state index in [0.717, 1.165) is 30.8 Å². The van der Waals surface area contributed by atoms with Crippen molar-refractivity contribution in [2.24, 2.45) is 23.7 Å². The van der Waals surface area contributed by atoms with Gasteiger partial charge in [0.2, 0.25) is 5.91 Å². The lowest BCUT2D eigenvalue weighted by atomic mass is 9.86. The second-order valence-corrected chi connectivity index (χ2v) is 5.97. The Morgan fingerprint density at radius 1 is 1.35 bits per heavy atom. The van der Waals surface area contributed by atoms with Gasteiger partial charge in [-0.15, -0.1) is 0 Å². The van der Waals surface area contributed by atoms with Gasteiger partial charge < -0.3 is 10.6 Å². The monoisotopic (exact) mass is 238 g/mol. The molecule has 0 heterocycles. The fourth-order valence-electron chi connectivity index (χ4n) is 3.68. The molecule has 0 aromatic rings. The minimum atomic E-state index is 0.0834. The van der Waals surface area contributed by atoms with Crippen LogP contribution in [0.2, 0.25) is 0 Å². The fraction of sp³-hybridized carbons (Fsp3) is 0.929. The Bertz CT molecular complexity index is 267. The van der Waals surface area contributed by atoms with Crippen LogP contribution in [0.1, 0.15) is 39.0 Å². The number of rotatable bonds is 6. The Kier molecular flexibility index (Phi) is 4.43. The number of hydrogen-bond donors (Lipinski definition) is 2. The van der Waals surface area contributed by atoms with E-state index in [-0.39, 0.29) is 11.8 Å². The second-order valence-electron chi connectivity index (χ2n) is 5.97. The molecule has 2 aliphatic carbocycles. The molecule has 0 aromatic carbocycles. The van der Waals surface area contributed by atoms with Gasteiger partial charge in [-0.1, -0.05) is 13.3 Å². The molecule has 1 amide bonds. The predicted molar refractivity (Wildman–Crippen MR) is 69.7 cm³/mol. The van der Waals surface area contributed by atoms with Crippen molar-refractivity contribution in [2.45, 2.75) is 39.0 Å². The molecule has 2 rings (SSSR count). The zero-order chi connectivity index (χ0) is 12.3. The predicted octanol–water partition coefficient (Wildman–Crippen LogP) is 1.78. The number of carbonyl (C=O) groups excluding carboxylic acids is 1. The van der Waals surface area contributed by atoms with Gasteiger partial charge in [0.1, 0.15) is 0 Å². The molecule has 0 spiro atoms. The zero-order valence-electron chi connectivity index (χ0n) is 11.2. The summed E-state index contributed by atoms with van der Waals surface area (Å²) >= 11 is 0. The van der Waals surface area contributed by atoms with Gasteiger partial charge in [-0.3, -0.25) is 4.79 Å². The maximum absolute atomic E-state index is 11.7. The van der Waals surface area contributed by atoms with Crippen LogP contribution in [0.15, 0.2) is 0 Å². The van der Waals surface area contributed by atoms with Crippen molar-refractivity contribution in [3.63, 3.8) is 0 Å². The summed E-state index contributed by atoms with van der Waals surface area (Å²) in [5, 5.41) is 6.12. The fourth-order valence-corrected chi connectivity index (χ4v) is 3.68. The largest absolute Gasteiger partial charge is 0.356 e. The molecular weight excluding hydrogens is 212 g/mol. The van der Waals surface area contributed by atoms with E-state index in [1.165, 1.54) is 32.1 Å². The average molecular weight is 238 g/mol. The first-order chi connectivity index (χ1) is 8.20. The second kappa shape index (κ2) is 5.85. The van der Waals surface area contributed by atoms with E-state index in [1.54, 1.807) is 0 Å². The first kappa shape index (κ1) is 12.9. The molecule has 0 aliphatic heterocycles. The van der Waals surface area contributed by atoms with Gasteiger partial charge in [0.05, 0.1) is 0 Å². The molecule has 2 saturated carbocycles. The Balaban J connectivity index is 1.61. The van der Waals surface area contributed by atoms with Crippen molar-refractivity contribution < 1.29 is 4.79 Å². The lowest BCUT2D eigenvalue weighted by Crippen LogP contribution is -2.35. The summed E-state index contributed by atoms with van der Waals surface area (Å²) in [6.45, 7) is 3.62. The quantitative estimate of drug-likeness (QED) is 0.740. The first-order valence-corrected chi connectivity index (χ1v) is 7.13. The molecule has 2 N–H and O–H groups in total. The van der Waals surface area contributed by atoms with Crippen molar-refractivity contribution in [1.29, 1.82) is 0 Å². The lowest BCUT2D eigenvalue weighted by molar-refractivity contribution is -0.124. The van der Waals surface area contributed by atoms with E-state index >= 15 is 0 Å². The van der Waals surface area contributed by atoms with Crippen molar-refractivity contribution in [2.75, 3.05) is 20.1 Å². The first-order valence-electron chi connectivity index (χ1n) is 7.13. The molecule has 2 fully saturated rings. The molecule has 0 radical (unpaired) electrons. The van der Waals surface area contributed by atoms with Crippen molar-refractivity contribution in [3.05, 3.63) is 0 Å². The lowest BCUT2D eigenvalue weighted by Gasteiger charge is -2.22. The van der Waals surface area contributed by atoms with E-state index < -0.39 is 0 Å². The Morgan fingerprint density at radius 2 is 2.18 bits per heavy atom.